The van der Waals surface area contributed by atoms with E-state index in [1.807, 2.05) is 4.72 Å². The van der Waals surface area contributed by atoms with Gasteiger partial charge >= 0.3 is 26.4 Å². The van der Waals surface area contributed by atoms with Gasteiger partial charge in [0.2, 0.25) is 0 Å². The van der Waals surface area contributed by atoms with Gasteiger partial charge in [-0.3, -0.25) is 9.59 Å². The van der Waals surface area contributed by atoms with Crippen molar-refractivity contribution in [1.29, 1.82) is 0 Å². The standard InChI is InChI=1S/C22H34FN3O4S.C17H21FN4O6S/c1-14(2)5-7-25(8-6-15(3)4)12-16-9-17-11-19(27)22(21(23)18(17)10-16)26-13-20(28)24-31(26,29)30;18-15-12-7-21(17(25)19-6-10-2-4-28-9-10)3-1-11(12)5-13(23)16(15)22-8-14(24)20-29(22,26)27/h11,14-16,27H,5-10,12-13H2,1-4H3,(H,24,28);5,10,23H,1-4,6-9H2,(H,19,25)(H,20,24). The zero-order chi connectivity index (χ0) is 43.7. The molecular weight excluding hydrogens is 829 g/mol. The number of phenols is 2. The number of phenolic OH excluding ortho intramolecular Hbond substituents is 2. The average molecular weight is 884 g/mol. The molecule has 5 N–H and O–H groups in total. The van der Waals surface area contributed by atoms with Crippen LogP contribution in [0.25, 0.3) is 0 Å². The molecule has 2 aromatic rings. The molecule has 1 aliphatic carbocycles. The lowest BCUT2D eigenvalue weighted by Gasteiger charge is -2.31. The highest BCUT2D eigenvalue weighted by molar-refractivity contribution is 7.92. The number of hydrogen-bond acceptors (Lipinski definition) is 11. The highest BCUT2D eigenvalue weighted by Gasteiger charge is 2.41. The van der Waals surface area contributed by atoms with Crippen LogP contribution in [0.5, 0.6) is 11.5 Å². The van der Waals surface area contributed by atoms with Crippen molar-refractivity contribution in [3.05, 3.63) is 46.0 Å². The van der Waals surface area contributed by atoms with Crippen LogP contribution < -0.4 is 23.4 Å². The number of nitrogens with zero attached hydrogens (tertiary/aromatic N) is 4. The third-order valence-electron chi connectivity index (χ3n) is 11.4. The van der Waals surface area contributed by atoms with E-state index in [0.717, 1.165) is 38.9 Å². The normalized spacial score (nSPS) is 21.6. The number of halogens is 2. The second-order valence-corrected chi connectivity index (χ2v) is 20.2. The van der Waals surface area contributed by atoms with E-state index in [2.05, 4.69) is 37.9 Å². The maximum absolute atomic E-state index is 15.4. The summed E-state index contributed by atoms with van der Waals surface area (Å²) in [6.07, 6.45) is 4.52. The molecule has 0 saturated carbocycles. The number of nitrogens with one attached hydrogen (secondary N) is 3. The van der Waals surface area contributed by atoms with E-state index in [1.54, 1.807) is 4.72 Å². The van der Waals surface area contributed by atoms with Gasteiger partial charge in [-0.2, -0.15) is 16.8 Å². The zero-order valence-corrected chi connectivity index (χ0v) is 35.9. The van der Waals surface area contributed by atoms with Crippen LogP contribution in [0.15, 0.2) is 12.1 Å². The Morgan fingerprint density at radius 3 is 1.90 bits per heavy atom. The number of amides is 4. The molecule has 5 aliphatic rings. The SMILES string of the molecule is CC(C)CCN(CCC(C)C)CC1Cc2cc(O)c(N3CC(=O)NS3(=O)=O)c(F)c2C1.O=C1CN(c2c(O)cc3c(c2F)CN(C(=O)NCC2CCOC2)CC3)S(=O)(=O)N1. The number of aromatic hydroxyl groups is 2. The van der Waals surface area contributed by atoms with Gasteiger partial charge in [0.1, 0.15) is 36.0 Å². The molecule has 0 spiro atoms. The third kappa shape index (κ3) is 10.2. The van der Waals surface area contributed by atoms with E-state index in [-0.39, 0.29) is 30.0 Å². The number of anilines is 2. The van der Waals surface area contributed by atoms with Crippen molar-refractivity contribution in [2.24, 2.45) is 23.7 Å². The Hall–Kier alpha value is -4.47. The lowest BCUT2D eigenvalue weighted by molar-refractivity contribution is -0.118. The molecule has 60 heavy (non-hydrogen) atoms. The van der Waals surface area contributed by atoms with Gasteiger partial charge in [-0.05, 0) is 98.2 Å². The number of ether oxygens (including phenoxy) is 1. The van der Waals surface area contributed by atoms with Crippen molar-refractivity contribution >= 4 is 49.6 Å². The third-order valence-corrected chi connectivity index (χ3v) is 14.1. The molecule has 4 aliphatic heterocycles. The number of benzene rings is 2. The van der Waals surface area contributed by atoms with E-state index in [1.165, 1.54) is 17.0 Å². The smallest absolute Gasteiger partial charge is 0.326 e. The van der Waals surface area contributed by atoms with Crippen molar-refractivity contribution < 1.29 is 54.9 Å². The Morgan fingerprint density at radius 2 is 1.40 bits per heavy atom. The fourth-order valence-electron chi connectivity index (χ4n) is 8.13. The molecule has 0 radical (unpaired) electrons. The van der Waals surface area contributed by atoms with Gasteiger partial charge in [0.25, 0.3) is 11.8 Å². The second kappa shape index (κ2) is 18.3. The summed E-state index contributed by atoms with van der Waals surface area (Å²) in [5, 5.41) is 23.4. The Labute approximate surface area is 349 Å². The molecule has 7 rings (SSSR count). The van der Waals surface area contributed by atoms with Gasteiger partial charge in [-0.1, -0.05) is 27.7 Å². The number of hydrogen-bond donors (Lipinski definition) is 5. The van der Waals surface area contributed by atoms with Crippen molar-refractivity contribution in [3.8, 4) is 11.5 Å². The molecule has 21 heteroatoms. The first-order chi connectivity index (χ1) is 28.2. The van der Waals surface area contributed by atoms with Gasteiger partial charge in [-0.15, -0.1) is 0 Å². The molecule has 3 fully saturated rings. The highest BCUT2D eigenvalue weighted by atomic mass is 32.2. The first kappa shape index (κ1) is 45.1. The summed E-state index contributed by atoms with van der Waals surface area (Å²) in [5.41, 5.74) is 0.750. The molecule has 4 heterocycles. The van der Waals surface area contributed by atoms with Crippen LogP contribution in [-0.2, 0) is 60.6 Å². The number of carbonyl (C=O) groups excluding carboxylic acids is 3. The number of urea groups is 1. The molecule has 332 valence electrons. The molecule has 0 bridgehead atoms. The van der Waals surface area contributed by atoms with Gasteiger partial charge in [0, 0.05) is 37.7 Å². The topological polar surface area (TPSA) is 218 Å². The summed E-state index contributed by atoms with van der Waals surface area (Å²) >= 11 is 0. The predicted octanol–water partition coefficient (Wildman–Crippen LogP) is 2.64. The lowest BCUT2D eigenvalue weighted by Crippen LogP contribution is -2.44. The van der Waals surface area contributed by atoms with Crippen molar-refractivity contribution in [2.45, 2.75) is 72.8 Å². The highest BCUT2D eigenvalue weighted by Crippen LogP contribution is 2.42. The zero-order valence-electron chi connectivity index (χ0n) is 34.3. The van der Waals surface area contributed by atoms with Crippen LogP contribution in [0.4, 0.5) is 25.0 Å². The number of fused-ring (bicyclic) bond motifs is 2. The van der Waals surface area contributed by atoms with E-state index in [0.29, 0.717) is 82.7 Å². The summed E-state index contributed by atoms with van der Waals surface area (Å²) in [6.45, 7) is 12.5. The van der Waals surface area contributed by atoms with Crippen LogP contribution in [0, 0.1) is 35.3 Å². The van der Waals surface area contributed by atoms with E-state index >= 15 is 8.78 Å². The van der Waals surface area contributed by atoms with Gasteiger partial charge in [-0.25, -0.2) is 31.6 Å². The molecule has 0 aromatic heterocycles. The van der Waals surface area contributed by atoms with Crippen LogP contribution in [0.2, 0.25) is 0 Å². The molecular formula is C39H55F2N7O10S2. The quantitative estimate of drug-likeness (QED) is 0.209. The Morgan fingerprint density at radius 1 is 0.850 bits per heavy atom. The van der Waals surface area contributed by atoms with E-state index in [9.17, 15) is 41.4 Å². The Kier molecular flexibility index (Phi) is 13.7. The van der Waals surface area contributed by atoms with Crippen LogP contribution >= 0.6 is 0 Å². The molecule has 2 aromatic carbocycles. The monoisotopic (exact) mass is 883 g/mol. The summed E-state index contributed by atoms with van der Waals surface area (Å²) < 4.78 is 89.0. The molecule has 17 nitrogen and oxygen atoms in total. The second-order valence-electron chi connectivity index (χ2n) is 17.0. The summed E-state index contributed by atoms with van der Waals surface area (Å²) in [7, 11) is -8.47. The van der Waals surface area contributed by atoms with Gasteiger partial charge in [0.15, 0.2) is 11.6 Å². The molecule has 3 saturated heterocycles. The van der Waals surface area contributed by atoms with E-state index in [4.69, 9.17) is 4.74 Å². The molecule has 2 unspecified atom stereocenters. The summed E-state index contributed by atoms with van der Waals surface area (Å²) in [4.78, 5) is 39.4. The number of carbonyl (C=O) groups is 3. The van der Waals surface area contributed by atoms with Gasteiger partial charge in [0.05, 0.1) is 13.2 Å². The largest absolute Gasteiger partial charge is 0.506 e. The van der Waals surface area contributed by atoms with E-state index < -0.39 is 79.8 Å². The maximum atomic E-state index is 15.4. The minimum absolute atomic E-state index is 0.0727. The Bertz CT molecular complexity index is 2190. The van der Waals surface area contributed by atoms with Crippen molar-refractivity contribution in [1.82, 2.24) is 24.6 Å². The van der Waals surface area contributed by atoms with Crippen LogP contribution in [0.3, 0.4) is 0 Å². The Balaban J connectivity index is 0.000000202. The maximum Gasteiger partial charge on any atom is 0.326 e. The van der Waals surface area contributed by atoms with Crippen molar-refractivity contribution in [2.75, 3.05) is 67.6 Å². The first-order valence-electron chi connectivity index (χ1n) is 20.3. The summed E-state index contributed by atoms with van der Waals surface area (Å²) in [5.74, 6) is -2.61. The minimum atomic E-state index is -4.28. The average Bonchev–Trinajstić information content (AvgIpc) is 3.94. The molecule has 4 amide bonds. The lowest BCUT2D eigenvalue weighted by atomic mass is 9.97. The predicted molar refractivity (Wildman–Crippen MR) is 218 cm³/mol. The van der Waals surface area contributed by atoms with Crippen LogP contribution in [-0.4, -0.2) is 114 Å². The van der Waals surface area contributed by atoms with Gasteiger partial charge < -0.3 is 30.1 Å². The fraction of sp³-hybridized carbons (Fsp3) is 0.615. The van der Waals surface area contributed by atoms with Crippen LogP contribution in [0.1, 0.15) is 69.2 Å². The fourth-order valence-corrected chi connectivity index (χ4v) is 10.5. The van der Waals surface area contributed by atoms with Crippen molar-refractivity contribution in [3.63, 3.8) is 0 Å². The minimum Gasteiger partial charge on any atom is -0.506 e. The molecule has 2 atom stereocenters. The first-order valence-corrected chi connectivity index (χ1v) is 23.2. The number of rotatable bonds is 12. The summed E-state index contributed by atoms with van der Waals surface area (Å²) in [6, 6.07) is 2.40.